The minimum atomic E-state index is 0.813. The molecule has 0 amide bonds. The number of hydrogen-bond acceptors (Lipinski definition) is 4. The lowest BCUT2D eigenvalue weighted by Gasteiger charge is -2.19. The Hall–Kier alpha value is -0.940. The third-order valence-electron chi connectivity index (χ3n) is 2.28. The zero-order chi connectivity index (χ0) is 11.5. The van der Waals surface area contributed by atoms with E-state index < -0.39 is 0 Å². The molecule has 0 bridgehead atoms. The highest BCUT2D eigenvalue weighted by atomic mass is 79.9. The molecule has 1 aromatic heterocycles. The maximum absolute atomic E-state index is 4.13. The van der Waals surface area contributed by atoms with Crippen LogP contribution in [0.15, 0.2) is 28.2 Å². The van der Waals surface area contributed by atoms with Gasteiger partial charge in [0.1, 0.15) is 0 Å². The summed E-state index contributed by atoms with van der Waals surface area (Å²) in [6, 6.07) is 8.42. The van der Waals surface area contributed by atoms with Crippen LogP contribution in [0.3, 0.4) is 0 Å². The molecule has 2 rings (SSSR count). The molecule has 0 saturated carbocycles. The predicted molar refractivity (Wildman–Crippen MR) is 71.5 cm³/mol. The second-order valence-corrected chi connectivity index (χ2v) is 5.65. The normalized spacial score (nSPS) is 10.4. The Balaban J connectivity index is 2.32. The van der Waals surface area contributed by atoms with Crippen LogP contribution in [0, 0.1) is 6.92 Å². The van der Waals surface area contributed by atoms with Crippen molar-refractivity contribution >= 4 is 38.1 Å². The van der Waals surface area contributed by atoms with E-state index in [4.69, 9.17) is 0 Å². The van der Waals surface area contributed by atoms with Gasteiger partial charge in [0.2, 0.25) is 5.13 Å². The van der Waals surface area contributed by atoms with Crippen LogP contribution in [0.2, 0.25) is 0 Å². The minimum Gasteiger partial charge on any atom is -0.317 e. The molecule has 16 heavy (non-hydrogen) atoms. The first-order valence-electron chi connectivity index (χ1n) is 5.04. The topological polar surface area (TPSA) is 29.0 Å². The van der Waals surface area contributed by atoms with Crippen molar-refractivity contribution in [2.45, 2.75) is 13.8 Å². The van der Waals surface area contributed by atoms with Gasteiger partial charge in [-0.1, -0.05) is 29.0 Å². The lowest BCUT2D eigenvalue weighted by Crippen LogP contribution is -2.15. The number of hydrogen-bond donors (Lipinski definition) is 0. The molecule has 84 valence electrons. The fourth-order valence-electron chi connectivity index (χ4n) is 1.46. The van der Waals surface area contributed by atoms with Gasteiger partial charge < -0.3 is 4.90 Å². The van der Waals surface area contributed by atoms with Crippen molar-refractivity contribution in [3.63, 3.8) is 0 Å². The van der Waals surface area contributed by atoms with E-state index in [-0.39, 0.29) is 0 Å². The minimum absolute atomic E-state index is 0.813. The van der Waals surface area contributed by atoms with Crippen LogP contribution >= 0.6 is 27.3 Å². The molecule has 0 atom stereocenters. The molecule has 0 aliphatic rings. The number of rotatable bonds is 3. The molecule has 1 heterocycles. The number of aryl methyl sites for hydroxylation is 1. The average molecular weight is 298 g/mol. The largest absolute Gasteiger partial charge is 0.317 e. The molecule has 5 heteroatoms. The summed E-state index contributed by atoms with van der Waals surface area (Å²) in [6.07, 6.45) is 0. The monoisotopic (exact) mass is 297 g/mol. The number of anilines is 2. The van der Waals surface area contributed by atoms with Gasteiger partial charge >= 0.3 is 0 Å². The Bertz CT molecular complexity index is 466. The molecule has 3 nitrogen and oxygen atoms in total. The van der Waals surface area contributed by atoms with Crippen molar-refractivity contribution in [1.82, 2.24) is 10.2 Å². The fourth-order valence-corrected chi connectivity index (χ4v) is 2.63. The summed E-state index contributed by atoms with van der Waals surface area (Å²) in [7, 11) is 0. The van der Waals surface area contributed by atoms with Gasteiger partial charge in [-0.3, -0.25) is 0 Å². The number of halogens is 1. The second kappa shape index (κ2) is 4.93. The van der Waals surface area contributed by atoms with Crippen molar-refractivity contribution in [2.75, 3.05) is 11.4 Å². The van der Waals surface area contributed by atoms with Gasteiger partial charge in [-0.25, -0.2) is 0 Å². The highest BCUT2D eigenvalue weighted by Gasteiger charge is 2.11. The van der Waals surface area contributed by atoms with E-state index in [0.717, 1.165) is 21.3 Å². The second-order valence-electron chi connectivity index (χ2n) is 3.42. The SMILES string of the molecule is CCN(c1ccc(C)cc1)c1nnc(Br)s1. The quantitative estimate of drug-likeness (QED) is 0.863. The van der Waals surface area contributed by atoms with Crippen molar-refractivity contribution in [2.24, 2.45) is 0 Å². The van der Waals surface area contributed by atoms with Gasteiger partial charge in [0.15, 0.2) is 3.92 Å². The molecule has 0 spiro atoms. The number of aromatic nitrogens is 2. The Morgan fingerprint density at radius 3 is 2.44 bits per heavy atom. The Kier molecular flexibility index (Phi) is 3.56. The predicted octanol–water partition coefficient (Wildman–Crippen LogP) is 3.77. The van der Waals surface area contributed by atoms with Crippen LogP contribution in [0.4, 0.5) is 10.8 Å². The summed E-state index contributed by atoms with van der Waals surface area (Å²) < 4.78 is 0.813. The summed E-state index contributed by atoms with van der Waals surface area (Å²) in [5.74, 6) is 0. The maximum atomic E-state index is 4.13. The smallest absolute Gasteiger partial charge is 0.213 e. The molecule has 0 aliphatic heterocycles. The van der Waals surface area contributed by atoms with Crippen LogP contribution in [-0.4, -0.2) is 16.7 Å². The fraction of sp³-hybridized carbons (Fsp3) is 0.273. The molecule has 2 aromatic rings. The summed E-state index contributed by atoms with van der Waals surface area (Å²) in [5.41, 5.74) is 2.41. The first kappa shape index (κ1) is 11.5. The molecule has 0 saturated heterocycles. The van der Waals surface area contributed by atoms with E-state index in [1.54, 1.807) is 0 Å². The van der Waals surface area contributed by atoms with E-state index in [9.17, 15) is 0 Å². The zero-order valence-electron chi connectivity index (χ0n) is 9.14. The molecule has 0 N–H and O–H groups in total. The van der Waals surface area contributed by atoms with E-state index in [2.05, 4.69) is 69.1 Å². The zero-order valence-corrected chi connectivity index (χ0v) is 11.5. The summed E-state index contributed by atoms with van der Waals surface area (Å²) in [4.78, 5) is 2.14. The molecule has 0 aliphatic carbocycles. The standard InChI is InChI=1S/C11H12BrN3S/c1-3-15(11-14-13-10(12)16-11)9-6-4-8(2)5-7-9/h4-7H,3H2,1-2H3. The van der Waals surface area contributed by atoms with Crippen LogP contribution in [0.1, 0.15) is 12.5 Å². The number of nitrogens with zero attached hydrogens (tertiary/aromatic N) is 3. The van der Waals surface area contributed by atoms with E-state index in [1.807, 2.05) is 0 Å². The highest BCUT2D eigenvalue weighted by molar-refractivity contribution is 9.11. The summed E-state index contributed by atoms with van der Waals surface area (Å²) in [6.45, 7) is 5.07. The molecule has 0 radical (unpaired) electrons. The van der Waals surface area contributed by atoms with Crippen molar-refractivity contribution in [3.8, 4) is 0 Å². The van der Waals surface area contributed by atoms with Crippen molar-refractivity contribution < 1.29 is 0 Å². The van der Waals surface area contributed by atoms with Crippen LogP contribution < -0.4 is 4.90 Å². The lowest BCUT2D eigenvalue weighted by molar-refractivity contribution is 0.966. The van der Waals surface area contributed by atoms with Crippen LogP contribution in [-0.2, 0) is 0 Å². The summed E-state index contributed by atoms with van der Waals surface area (Å²) in [5, 5.41) is 9.02. The summed E-state index contributed by atoms with van der Waals surface area (Å²) >= 11 is 4.87. The Labute approximate surface area is 107 Å². The van der Waals surface area contributed by atoms with Gasteiger partial charge in [0.05, 0.1) is 0 Å². The van der Waals surface area contributed by atoms with Crippen LogP contribution in [0.5, 0.6) is 0 Å². The van der Waals surface area contributed by atoms with Gasteiger partial charge in [-0.15, -0.1) is 10.2 Å². The van der Waals surface area contributed by atoms with Gasteiger partial charge in [-0.05, 0) is 41.9 Å². The molecular formula is C11H12BrN3S. The third kappa shape index (κ3) is 2.41. The van der Waals surface area contributed by atoms with E-state index in [1.165, 1.54) is 16.9 Å². The van der Waals surface area contributed by atoms with Gasteiger partial charge in [-0.2, -0.15) is 0 Å². The van der Waals surface area contributed by atoms with Gasteiger partial charge in [0, 0.05) is 12.2 Å². The average Bonchev–Trinajstić information content (AvgIpc) is 2.69. The van der Waals surface area contributed by atoms with Crippen molar-refractivity contribution in [1.29, 1.82) is 0 Å². The first-order chi connectivity index (χ1) is 7.70. The highest BCUT2D eigenvalue weighted by Crippen LogP contribution is 2.30. The number of benzene rings is 1. The molecule has 0 unspecified atom stereocenters. The first-order valence-corrected chi connectivity index (χ1v) is 6.65. The Morgan fingerprint density at radius 2 is 1.94 bits per heavy atom. The lowest BCUT2D eigenvalue weighted by atomic mass is 10.2. The van der Waals surface area contributed by atoms with Crippen molar-refractivity contribution in [3.05, 3.63) is 33.7 Å². The molecule has 1 aromatic carbocycles. The Morgan fingerprint density at radius 1 is 1.25 bits per heavy atom. The molecular weight excluding hydrogens is 286 g/mol. The third-order valence-corrected chi connectivity index (χ3v) is 3.66. The molecule has 0 fully saturated rings. The van der Waals surface area contributed by atoms with Gasteiger partial charge in [0.25, 0.3) is 0 Å². The maximum Gasteiger partial charge on any atom is 0.213 e. The van der Waals surface area contributed by atoms with E-state index >= 15 is 0 Å². The van der Waals surface area contributed by atoms with E-state index in [0.29, 0.717) is 0 Å². The van der Waals surface area contributed by atoms with Crippen LogP contribution in [0.25, 0.3) is 0 Å².